The van der Waals surface area contributed by atoms with E-state index in [1.54, 1.807) is 0 Å². The lowest BCUT2D eigenvalue weighted by atomic mass is 10.1. The van der Waals surface area contributed by atoms with Crippen molar-refractivity contribution in [1.29, 1.82) is 0 Å². The molecular formula is C10H9ClF4N4O2. The third kappa shape index (κ3) is 3.00. The Morgan fingerprint density at radius 1 is 1.48 bits per heavy atom. The van der Waals surface area contributed by atoms with Gasteiger partial charge in [-0.2, -0.15) is 15.2 Å². The summed E-state index contributed by atoms with van der Waals surface area (Å²) >= 11 is 5.57. The lowest BCUT2D eigenvalue weighted by Crippen LogP contribution is -2.52. The molecule has 0 radical (unpaired) electrons. The molecule has 1 amide bonds. The van der Waals surface area contributed by atoms with E-state index in [-0.39, 0.29) is 10.0 Å². The molecule has 1 aliphatic heterocycles. The van der Waals surface area contributed by atoms with Crippen LogP contribution >= 0.6 is 11.6 Å². The number of carbonyl (C=O) groups is 1. The van der Waals surface area contributed by atoms with Crippen molar-refractivity contribution < 1.29 is 27.5 Å². The van der Waals surface area contributed by atoms with Crippen molar-refractivity contribution in [3.05, 3.63) is 17.4 Å². The van der Waals surface area contributed by atoms with E-state index in [1.807, 2.05) is 0 Å². The smallest absolute Gasteiger partial charge is 0.287 e. The Balaban J connectivity index is 2.23. The third-order valence-electron chi connectivity index (χ3n) is 2.77. The van der Waals surface area contributed by atoms with Crippen LogP contribution in [0, 0.1) is 0 Å². The fraction of sp³-hybridized carbons (Fsp3) is 0.500. The first-order valence-electron chi connectivity index (χ1n) is 5.61. The van der Waals surface area contributed by atoms with Gasteiger partial charge < -0.3 is 5.11 Å². The normalized spacial score (nSPS) is 22.3. The van der Waals surface area contributed by atoms with E-state index in [2.05, 4.69) is 10.2 Å². The minimum Gasteiger partial charge on any atom is -0.364 e. The van der Waals surface area contributed by atoms with Gasteiger partial charge in [0.05, 0.1) is 11.2 Å². The molecular weight excluding hydrogens is 320 g/mol. The molecule has 0 unspecified atom stereocenters. The number of nitrogens with zero attached hydrogens (tertiary/aromatic N) is 4. The molecule has 0 saturated heterocycles. The maximum atomic E-state index is 12.9. The average molecular weight is 329 g/mol. The Kier molecular flexibility index (Phi) is 4.19. The van der Waals surface area contributed by atoms with Gasteiger partial charge in [-0.25, -0.2) is 17.6 Å². The van der Waals surface area contributed by atoms with Crippen molar-refractivity contribution in [1.82, 2.24) is 14.8 Å². The van der Waals surface area contributed by atoms with Crippen LogP contribution < -0.4 is 0 Å². The fourth-order valence-electron chi connectivity index (χ4n) is 1.78. The summed E-state index contributed by atoms with van der Waals surface area (Å²) in [5.41, 5.74) is -4.07. The molecule has 2 rings (SSSR count). The Hall–Kier alpha value is -1.68. The summed E-state index contributed by atoms with van der Waals surface area (Å²) in [5, 5.41) is 16.7. The van der Waals surface area contributed by atoms with Gasteiger partial charge in [0.1, 0.15) is 12.3 Å². The summed E-state index contributed by atoms with van der Waals surface area (Å²) in [6.45, 7) is -0.582. The second-order valence-electron chi connectivity index (χ2n) is 4.31. The molecule has 0 saturated carbocycles. The first-order chi connectivity index (χ1) is 9.74. The van der Waals surface area contributed by atoms with Gasteiger partial charge >= 0.3 is 0 Å². The predicted molar refractivity (Wildman–Crippen MR) is 63.1 cm³/mol. The first-order valence-corrected chi connectivity index (χ1v) is 5.99. The predicted octanol–water partition coefficient (Wildman–Crippen LogP) is 1.34. The minimum absolute atomic E-state index is 0.0191. The number of rotatable bonds is 4. The molecule has 116 valence electrons. The van der Waals surface area contributed by atoms with Gasteiger partial charge in [0.25, 0.3) is 18.8 Å². The minimum atomic E-state index is -3.46. The molecule has 0 fully saturated rings. The van der Waals surface area contributed by atoms with Crippen molar-refractivity contribution in [2.45, 2.75) is 31.5 Å². The molecule has 6 nitrogen and oxygen atoms in total. The van der Waals surface area contributed by atoms with Gasteiger partial charge in [-0.15, -0.1) is 0 Å². The van der Waals surface area contributed by atoms with E-state index in [0.717, 1.165) is 4.68 Å². The lowest BCUT2D eigenvalue weighted by Gasteiger charge is -2.29. The fourth-order valence-corrected chi connectivity index (χ4v) is 1.94. The van der Waals surface area contributed by atoms with Crippen LogP contribution in [0.25, 0.3) is 0 Å². The van der Waals surface area contributed by atoms with Crippen molar-refractivity contribution in [2.75, 3.05) is 0 Å². The number of hydrogen-bond donors (Lipinski definition) is 1. The number of hydrazone groups is 1. The lowest BCUT2D eigenvalue weighted by molar-refractivity contribution is -0.192. The number of aromatic nitrogens is 2. The summed E-state index contributed by atoms with van der Waals surface area (Å²) in [5.74, 6) is -1.12. The number of carbonyl (C=O) groups excluding carboxylic acids is 1. The SMILES string of the molecule is O=C(Cn1cc(Cl)cn1)N1N=C(C(F)F)C[C@@]1(O)C(F)F. The zero-order valence-corrected chi connectivity index (χ0v) is 11.0. The van der Waals surface area contributed by atoms with Gasteiger partial charge in [-0.05, 0) is 0 Å². The molecule has 0 spiro atoms. The van der Waals surface area contributed by atoms with Gasteiger partial charge in [-0.1, -0.05) is 11.6 Å². The molecule has 1 aromatic rings. The molecule has 1 atom stereocenters. The number of amides is 1. The summed E-state index contributed by atoms with van der Waals surface area (Å²) < 4.78 is 51.9. The summed E-state index contributed by atoms with van der Waals surface area (Å²) in [6, 6.07) is 0. The highest BCUT2D eigenvalue weighted by atomic mass is 35.5. The number of alkyl halides is 4. The van der Waals surface area contributed by atoms with Crippen LogP contribution in [0.5, 0.6) is 0 Å². The Morgan fingerprint density at radius 3 is 2.62 bits per heavy atom. The van der Waals surface area contributed by atoms with Crippen molar-refractivity contribution in [3.8, 4) is 0 Å². The van der Waals surface area contributed by atoms with Crippen LogP contribution in [0.15, 0.2) is 17.5 Å². The molecule has 1 aliphatic rings. The van der Waals surface area contributed by atoms with Crippen LogP contribution in [0.4, 0.5) is 17.6 Å². The molecule has 11 heteroatoms. The van der Waals surface area contributed by atoms with Crippen molar-refractivity contribution in [3.63, 3.8) is 0 Å². The van der Waals surface area contributed by atoms with E-state index in [4.69, 9.17) is 11.6 Å². The van der Waals surface area contributed by atoms with E-state index < -0.39 is 43.2 Å². The summed E-state index contributed by atoms with van der Waals surface area (Å²) in [6.07, 6.45) is -5.29. The van der Waals surface area contributed by atoms with Crippen LogP contribution in [0.1, 0.15) is 6.42 Å². The largest absolute Gasteiger partial charge is 0.364 e. The Labute approximate surface area is 120 Å². The van der Waals surface area contributed by atoms with E-state index >= 15 is 0 Å². The second-order valence-corrected chi connectivity index (χ2v) is 4.75. The third-order valence-corrected chi connectivity index (χ3v) is 2.97. The van der Waals surface area contributed by atoms with Crippen LogP contribution in [-0.4, -0.2) is 50.1 Å². The van der Waals surface area contributed by atoms with Gasteiger partial charge in [-0.3, -0.25) is 9.48 Å². The Bertz CT molecular complexity index is 579. The highest BCUT2D eigenvalue weighted by molar-refractivity contribution is 6.30. The monoisotopic (exact) mass is 328 g/mol. The highest BCUT2D eigenvalue weighted by Gasteiger charge is 2.53. The molecule has 0 bridgehead atoms. The molecule has 2 heterocycles. The first kappa shape index (κ1) is 15.7. The van der Waals surface area contributed by atoms with Gasteiger partial charge in [0, 0.05) is 12.6 Å². The highest BCUT2D eigenvalue weighted by Crippen LogP contribution is 2.33. The zero-order valence-electron chi connectivity index (χ0n) is 10.3. The topological polar surface area (TPSA) is 70.7 Å². The summed E-state index contributed by atoms with van der Waals surface area (Å²) in [7, 11) is 0. The quantitative estimate of drug-likeness (QED) is 0.848. The van der Waals surface area contributed by atoms with Crippen LogP contribution in [0.2, 0.25) is 5.02 Å². The molecule has 1 N–H and O–H groups in total. The zero-order chi connectivity index (χ0) is 15.8. The standard InChI is InChI=1S/C10H9ClF4N4O2/c11-5-2-16-18(3-5)4-7(20)19-10(21,9(14)15)1-6(17-19)8(12)13/h2-3,8-9,21H,1,4H2/t10-/m1/s1. The van der Waals surface area contributed by atoms with E-state index in [1.165, 1.54) is 12.4 Å². The number of hydrogen-bond acceptors (Lipinski definition) is 4. The molecule has 21 heavy (non-hydrogen) atoms. The average Bonchev–Trinajstić information content (AvgIpc) is 2.94. The Morgan fingerprint density at radius 2 is 2.14 bits per heavy atom. The van der Waals surface area contributed by atoms with Gasteiger partial charge in [0.2, 0.25) is 5.72 Å². The maximum Gasteiger partial charge on any atom is 0.287 e. The molecule has 0 aliphatic carbocycles. The second kappa shape index (κ2) is 5.60. The van der Waals surface area contributed by atoms with Crippen LogP contribution in [-0.2, 0) is 11.3 Å². The number of halogens is 5. The van der Waals surface area contributed by atoms with E-state index in [9.17, 15) is 27.5 Å². The van der Waals surface area contributed by atoms with Gasteiger partial charge in [0.15, 0.2) is 0 Å². The van der Waals surface area contributed by atoms with E-state index in [0.29, 0.717) is 0 Å². The maximum absolute atomic E-state index is 12.9. The van der Waals surface area contributed by atoms with Crippen molar-refractivity contribution >= 4 is 23.2 Å². The molecule has 1 aromatic heterocycles. The van der Waals surface area contributed by atoms with Crippen molar-refractivity contribution in [2.24, 2.45) is 5.10 Å². The molecule has 0 aromatic carbocycles. The number of aliphatic hydroxyl groups is 1. The summed E-state index contributed by atoms with van der Waals surface area (Å²) in [4.78, 5) is 11.9. The van der Waals surface area contributed by atoms with Crippen LogP contribution in [0.3, 0.4) is 0 Å².